The lowest BCUT2D eigenvalue weighted by Crippen LogP contribution is -2.11. The third-order valence-corrected chi connectivity index (χ3v) is 3.09. The summed E-state index contributed by atoms with van der Waals surface area (Å²) in [4.78, 5) is 9.39. The Balaban J connectivity index is 2.67. The average Bonchev–Trinajstić information content (AvgIpc) is 2.71. The Labute approximate surface area is 108 Å². The molecule has 0 unspecified atom stereocenters. The van der Waals surface area contributed by atoms with Gasteiger partial charge in [0.1, 0.15) is 5.82 Å². The van der Waals surface area contributed by atoms with Crippen LogP contribution in [-0.4, -0.2) is 21.1 Å². The van der Waals surface area contributed by atoms with Crippen molar-refractivity contribution in [1.82, 2.24) is 14.5 Å². The van der Waals surface area contributed by atoms with Crippen LogP contribution >= 0.6 is 0 Å². The second kappa shape index (κ2) is 5.06. The smallest absolute Gasteiger partial charge is 0.131 e. The van der Waals surface area contributed by atoms with Crippen molar-refractivity contribution >= 4 is 11.0 Å². The molecule has 0 spiro atoms. The van der Waals surface area contributed by atoms with Gasteiger partial charge in [-0.15, -0.1) is 0 Å². The topological polar surface area (TPSA) is 56.7 Å². The van der Waals surface area contributed by atoms with Gasteiger partial charge in [-0.3, -0.25) is 0 Å². The molecule has 0 fully saturated rings. The van der Waals surface area contributed by atoms with Gasteiger partial charge in [0.25, 0.3) is 0 Å². The maximum Gasteiger partial charge on any atom is 0.131 e. The summed E-state index contributed by atoms with van der Waals surface area (Å²) in [5.41, 5.74) is 8.95. The number of hydrogen-bond acceptors (Lipinski definition) is 3. The summed E-state index contributed by atoms with van der Waals surface area (Å²) in [7, 11) is 0. The van der Waals surface area contributed by atoms with Crippen LogP contribution < -0.4 is 5.73 Å². The van der Waals surface area contributed by atoms with E-state index >= 15 is 0 Å². The standard InChI is InChI=1S/C14H22N4/c1-9(2)12-13-11(5-7-18(13)8-6-15)16-14(17-12)10(3)4/h5,7,9-10H,6,8,15H2,1-4H3. The molecule has 0 aromatic carbocycles. The lowest BCUT2D eigenvalue weighted by molar-refractivity contribution is 0.706. The van der Waals surface area contributed by atoms with Crippen LogP contribution in [0.2, 0.25) is 0 Å². The van der Waals surface area contributed by atoms with Gasteiger partial charge in [-0.25, -0.2) is 9.97 Å². The summed E-state index contributed by atoms with van der Waals surface area (Å²) in [6.07, 6.45) is 2.06. The Morgan fingerprint density at radius 2 is 1.89 bits per heavy atom. The molecule has 0 saturated carbocycles. The van der Waals surface area contributed by atoms with E-state index in [-0.39, 0.29) is 0 Å². The van der Waals surface area contributed by atoms with Gasteiger partial charge in [0.05, 0.1) is 16.7 Å². The molecule has 18 heavy (non-hydrogen) atoms. The number of nitrogens with two attached hydrogens (primary N) is 1. The van der Waals surface area contributed by atoms with E-state index in [1.807, 2.05) is 0 Å². The molecule has 98 valence electrons. The van der Waals surface area contributed by atoms with E-state index in [9.17, 15) is 0 Å². The van der Waals surface area contributed by atoms with Gasteiger partial charge in [0.15, 0.2) is 0 Å². The molecule has 0 aliphatic heterocycles. The molecule has 0 amide bonds. The third kappa shape index (κ3) is 2.25. The number of rotatable bonds is 4. The predicted octanol–water partition coefficient (Wildman–Crippen LogP) is 2.64. The van der Waals surface area contributed by atoms with Crippen LogP contribution in [0.1, 0.15) is 51.0 Å². The van der Waals surface area contributed by atoms with E-state index in [1.54, 1.807) is 0 Å². The van der Waals surface area contributed by atoms with E-state index in [2.05, 4.69) is 49.5 Å². The highest BCUT2D eigenvalue weighted by molar-refractivity contribution is 5.78. The molecule has 4 nitrogen and oxygen atoms in total. The first-order valence-electron chi connectivity index (χ1n) is 6.61. The molecule has 2 rings (SSSR count). The Morgan fingerprint density at radius 1 is 1.17 bits per heavy atom. The summed E-state index contributed by atoms with van der Waals surface area (Å²) in [5.74, 6) is 1.67. The molecule has 2 aromatic heterocycles. The van der Waals surface area contributed by atoms with Crippen molar-refractivity contribution in [3.05, 3.63) is 23.8 Å². The van der Waals surface area contributed by atoms with Crippen molar-refractivity contribution in [3.8, 4) is 0 Å². The lowest BCUT2D eigenvalue weighted by Gasteiger charge is -2.13. The van der Waals surface area contributed by atoms with E-state index < -0.39 is 0 Å². The first-order chi connectivity index (χ1) is 8.54. The lowest BCUT2D eigenvalue weighted by atomic mass is 10.1. The molecule has 2 aromatic rings. The van der Waals surface area contributed by atoms with Crippen molar-refractivity contribution in [2.24, 2.45) is 5.73 Å². The Hall–Kier alpha value is -1.42. The summed E-state index contributed by atoms with van der Waals surface area (Å²) in [5, 5.41) is 0. The number of aromatic nitrogens is 3. The fourth-order valence-corrected chi connectivity index (χ4v) is 2.14. The second-order valence-electron chi connectivity index (χ2n) is 5.31. The van der Waals surface area contributed by atoms with Crippen LogP contribution in [0.4, 0.5) is 0 Å². The second-order valence-corrected chi connectivity index (χ2v) is 5.31. The van der Waals surface area contributed by atoms with Crippen molar-refractivity contribution in [2.75, 3.05) is 6.54 Å². The Bertz CT molecular complexity index is 540. The average molecular weight is 246 g/mol. The zero-order valence-electron chi connectivity index (χ0n) is 11.6. The van der Waals surface area contributed by atoms with Crippen LogP contribution in [0.3, 0.4) is 0 Å². The molecule has 0 bridgehead atoms. The van der Waals surface area contributed by atoms with Crippen molar-refractivity contribution < 1.29 is 0 Å². The van der Waals surface area contributed by atoms with Crippen LogP contribution in [0.25, 0.3) is 11.0 Å². The highest BCUT2D eigenvalue weighted by Crippen LogP contribution is 2.25. The summed E-state index contributed by atoms with van der Waals surface area (Å²) < 4.78 is 2.16. The van der Waals surface area contributed by atoms with Crippen LogP contribution in [-0.2, 0) is 6.54 Å². The highest BCUT2D eigenvalue weighted by Gasteiger charge is 2.15. The Kier molecular flexibility index (Phi) is 3.66. The zero-order valence-corrected chi connectivity index (χ0v) is 11.6. The molecule has 4 heteroatoms. The van der Waals surface area contributed by atoms with Crippen LogP contribution in [0.15, 0.2) is 12.3 Å². The number of hydrogen-bond donors (Lipinski definition) is 1. The third-order valence-electron chi connectivity index (χ3n) is 3.09. The molecule has 0 radical (unpaired) electrons. The molecule has 2 N–H and O–H groups in total. The Morgan fingerprint density at radius 3 is 2.44 bits per heavy atom. The molecule has 0 saturated heterocycles. The van der Waals surface area contributed by atoms with E-state index in [0.717, 1.165) is 29.1 Å². The van der Waals surface area contributed by atoms with E-state index in [1.165, 1.54) is 0 Å². The van der Waals surface area contributed by atoms with Gasteiger partial charge in [-0.05, 0) is 12.0 Å². The quantitative estimate of drug-likeness (QED) is 0.902. The molecular formula is C14H22N4. The number of fused-ring (bicyclic) bond motifs is 1. The zero-order chi connectivity index (χ0) is 13.3. The normalized spacial score (nSPS) is 11.9. The van der Waals surface area contributed by atoms with Gasteiger partial charge in [0.2, 0.25) is 0 Å². The fraction of sp³-hybridized carbons (Fsp3) is 0.571. The maximum atomic E-state index is 5.65. The maximum absolute atomic E-state index is 5.65. The van der Waals surface area contributed by atoms with Gasteiger partial charge in [0, 0.05) is 25.2 Å². The highest BCUT2D eigenvalue weighted by atomic mass is 15.0. The molecule has 2 heterocycles. The van der Waals surface area contributed by atoms with Gasteiger partial charge >= 0.3 is 0 Å². The largest absolute Gasteiger partial charge is 0.343 e. The van der Waals surface area contributed by atoms with E-state index in [0.29, 0.717) is 18.4 Å². The molecule has 0 aliphatic carbocycles. The van der Waals surface area contributed by atoms with Crippen molar-refractivity contribution in [1.29, 1.82) is 0 Å². The summed E-state index contributed by atoms with van der Waals surface area (Å²) >= 11 is 0. The van der Waals surface area contributed by atoms with Gasteiger partial charge < -0.3 is 10.3 Å². The summed E-state index contributed by atoms with van der Waals surface area (Å²) in [6, 6.07) is 2.06. The van der Waals surface area contributed by atoms with Gasteiger partial charge in [-0.1, -0.05) is 27.7 Å². The SMILES string of the molecule is CC(C)c1nc(C(C)C)c2c(ccn2CCN)n1. The molecule has 0 aliphatic rings. The predicted molar refractivity (Wildman–Crippen MR) is 74.8 cm³/mol. The van der Waals surface area contributed by atoms with E-state index in [4.69, 9.17) is 10.7 Å². The number of nitrogens with zero attached hydrogens (tertiary/aromatic N) is 3. The van der Waals surface area contributed by atoms with Crippen molar-refractivity contribution in [3.63, 3.8) is 0 Å². The molecule has 0 atom stereocenters. The fourth-order valence-electron chi connectivity index (χ4n) is 2.14. The molecular weight excluding hydrogens is 224 g/mol. The minimum absolute atomic E-state index is 0.352. The summed E-state index contributed by atoms with van der Waals surface area (Å²) in [6.45, 7) is 10.0. The van der Waals surface area contributed by atoms with Crippen LogP contribution in [0, 0.1) is 0 Å². The monoisotopic (exact) mass is 246 g/mol. The van der Waals surface area contributed by atoms with Gasteiger partial charge in [-0.2, -0.15) is 0 Å². The minimum Gasteiger partial charge on any atom is -0.343 e. The minimum atomic E-state index is 0.352. The first kappa shape index (κ1) is 13.0. The van der Waals surface area contributed by atoms with Crippen LogP contribution in [0.5, 0.6) is 0 Å². The van der Waals surface area contributed by atoms with Crippen molar-refractivity contribution in [2.45, 2.75) is 46.1 Å². The first-order valence-corrected chi connectivity index (χ1v) is 6.61.